The van der Waals surface area contributed by atoms with E-state index in [2.05, 4.69) is 40.7 Å². The monoisotopic (exact) mass is 451 g/mol. The maximum Gasteiger partial charge on any atom is 0.338 e. The Morgan fingerprint density at radius 2 is 1.94 bits per heavy atom. The first-order valence-electron chi connectivity index (χ1n) is 11.4. The summed E-state index contributed by atoms with van der Waals surface area (Å²) in [6.07, 6.45) is 1.57. The van der Waals surface area contributed by atoms with Crippen LogP contribution in [0.5, 0.6) is 5.75 Å². The number of carbonyl (C=O) groups is 1. The Kier molecular flexibility index (Phi) is 5.91. The van der Waals surface area contributed by atoms with E-state index in [9.17, 15) is 4.79 Å². The summed E-state index contributed by atoms with van der Waals surface area (Å²) in [5, 5.41) is 0. The van der Waals surface area contributed by atoms with Crippen LogP contribution in [0.25, 0.3) is 0 Å². The first-order chi connectivity index (χ1) is 15.0. The van der Waals surface area contributed by atoms with Gasteiger partial charge in [0.1, 0.15) is 11.4 Å². The van der Waals surface area contributed by atoms with E-state index in [1.807, 2.05) is 43.8 Å². The number of esters is 1. The summed E-state index contributed by atoms with van der Waals surface area (Å²) in [5.41, 5.74) is 5.70. The highest BCUT2D eigenvalue weighted by atomic mass is 32.2. The molecule has 0 N–H and O–H groups in total. The second-order valence-corrected chi connectivity index (χ2v) is 11.5. The van der Waals surface area contributed by atoms with E-state index in [0.717, 1.165) is 35.6 Å². The van der Waals surface area contributed by atoms with E-state index in [0.29, 0.717) is 5.56 Å². The lowest BCUT2D eigenvalue weighted by atomic mass is 9.81. The van der Waals surface area contributed by atoms with Gasteiger partial charge in [-0.3, -0.25) is 4.99 Å². The number of ether oxygens (including phenoxy) is 2. The molecule has 0 saturated heterocycles. The van der Waals surface area contributed by atoms with Crippen LogP contribution in [0.1, 0.15) is 81.1 Å². The Balaban J connectivity index is 1.89. The molecule has 0 unspecified atom stereocenters. The molecule has 32 heavy (non-hydrogen) atoms. The minimum Gasteiger partial charge on any atom is -0.486 e. The Morgan fingerprint density at radius 3 is 2.62 bits per heavy atom. The van der Waals surface area contributed by atoms with Crippen molar-refractivity contribution >= 4 is 23.4 Å². The molecule has 2 aliphatic heterocycles. The molecule has 2 aliphatic rings. The van der Waals surface area contributed by atoms with E-state index in [1.165, 1.54) is 21.6 Å². The standard InChI is InChI=1S/C27H33NO3S/c1-8-32-21-13-19-14-26(4,5)28-23(22(19)20-15-27(6,7)31-24(20)21)17-10-9-11-18(12-17)25(29)30-16(2)3/h9-13,16H,8,14-15H2,1-7H3. The highest BCUT2D eigenvalue weighted by Gasteiger charge is 2.39. The Labute approximate surface area is 195 Å². The number of aliphatic imine (C=N–C) groups is 1. The number of fused-ring (bicyclic) bond motifs is 3. The second-order valence-electron chi connectivity index (χ2n) is 10.2. The lowest BCUT2D eigenvalue weighted by Gasteiger charge is -2.31. The van der Waals surface area contributed by atoms with E-state index in [1.54, 1.807) is 6.07 Å². The summed E-state index contributed by atoms with van der Waals surface area (Å²) in [7, 11) is 0. The quantitative estimate of drug-likeness (QED) is 0.398. The fraction of sp³-hybridized carbons (Fsp3) is 0.481. The fourth-order valence-corrected chi connectivity index (χ4v) is 5.45. The number of benzene rings is 2. The summed E-state index contributed by atoms with van der Waals surface area (Å²) in [4.78, 5) is 19.0. The Morgan fingerprint density at radius 1 is 1.19 bits per heavy atom. The lowest BCUT2D eigenvalue weighted by Crippen LogP contribution is -2.30. The van der Waals surface area contributed by atoms with Crippen LogP contribution < -0.4 is 4.74 Å². The van der Waals surface area contributed by atoms with Gasteiger partial charge in [0, 0.05) is 28.0 Å². The minimum absolute atomic E-state index is 0.157. The normalized spacial score (nSPS) is 17.9. The van der Waals surface area contributed by atoms with Crippen LogP contribution in [0, 0.1) is 0 Å². The molecular formula is C27H33NO3S. The molecule has 2 aromatic rings. The van der Waals surface area contributed by atoms with Crippen molar-refractivity contribution in [3.05, 3.63) is 58.1 Å². The van der Waals surface area contributed by atoms with Crippen molar-refractivity contribution in [3.8, 4) is 5.75 Å². The number of rotatable bonds is 5. The number of hydrogen-bond acceptors (Lipinski definition) is 5. The van der Waals surface area contributed by atoms with Gasteiger partial charge in [-0.25, -0.2) is 4.79 Å². The summed E-state index contributed by atoms with van der Waals surface area (Å²) in [6.45, 7) is 14.5. The number of thioether (sulfide) groups is 1. The maximum absolute atomic E-state index is 12.6. The summed E-state index contributed by atoms with van der Waals surface area (Å²) in [5.74, 6) is 1.70. The van der Waals surface area contributed by atoms with Gasteiger partial charge in [0.15, 0.2) is 0 Å². The average Bonchev–Trinajstić information content (AvgIpc) is 3.01. The van der Waals surface area contributed by atoms with Crippen LogP contribution in [-0.4, -0.2) is 34.7 Å². The molecule has 0 atom stereocenters. The van der Waals surface area contributed by atoms with Gasteiger partial charge in [-0.1, -0.05) is 19.1 Å². The first kappa shape index (κ1) is 22.9. The highest BCUT2D eigenvalue weighted by molar-refractivity contribution is 7.99. The van der Waals surface area contributed by atoms with Gasteiger partial charge in [0.25, 0.3) is 0 Å². The fourth-order valence-electron chi connectivity index (χ4n) is 4.62. The second kappa shape index (κ2) is 8.26. The maximum atomic E-state index is 12.6. The zero-order valence-corrected chi connectivity index (χ0v) is 21.0. The van der Waals surface area contributed by atoms with E-state index < -0.39 is 0 Å². The average molecular weight is 452 g/mol. The van der Waals surface area contributed by atoms with E-state index in [-0.39, 0.29) is 23.2 Å². The minimum atomic E-state index is -0.304. The van der Waals surface area contributed by atoms with Gasteiger partial charge in [0.2, 0.25) is 0 Å². The van der Waals surface area contributed by atoms with Gasteiger partial charge in [-0.2, -0.15) is 0 Å². The molecule has 0 bridgehead atoms. The predicted molar refractivity (Wildman–Crippen MR) is 132 cm³/mol. The molecule has 5 heteroatoms. The highest BCUT2D eigenvalue weighted by Crippen LogP contribution is 2.47. The van der Waals surface area contributed by atoms with E-state index >= 15 is 0 Å². The Bertz CT molecular complexity index is 1100. The SMILES string of the molecule is CCSc1cc2c(c3c1OC(C)(C)C3)C(c1cccc(C(=O)OC(C)C)c1)=NC(C)(C)C2. The third kappa shape index (κ3) is 4.45. The van der Waals surface area contributed by atoms with Gasteiger partial charge in [0.05, 0.1) is 22.9 Å². The van der Waals surface area contributed by atoms with Crippen LogP contribution in [0.15, 0.2) is 40.2 Å². The molecule has 4 nitrogen and oxygen atoms in total. The molecule has 0 aliphatic carbocycles. The molecule has 0 saturated carbocycles. The van der Waals surface area contributed by atoms with Crippen LogP contribution >= 0.6 is 11.8 Å². The van der Waals surface area contributed by atoms with Gasteiger partial charge < -0.3 is 9.47 Å². The molecule has 2 aromatic carbocycles. The van der Waals surface area contributed by atoms with Crippen LogP contribution in [0.2, 0.25) is 0 Å². The lowest BCUT2D eigenvalue weighted by molar-refractivity contribution is 0.0378. The molecule has 4 rings (SSSR count). The topological polar surface area (TPSA) is 47.9 Å². The van der Waals surface area contributed by atoms with Crippen molar-refractivity contribution in [2.75, 3.05) is 5.75 Å². The van der Waals surface area contributed by atoms with Crippen molar-refractivity contribution in [3.63, 3.8) is 0 Å². The van der Waals surface area contributed by atoms with Gasteiger partial charge in [-0.05, 0) is 77.5 Å². The van der Waals surface area contributed by atoms with Crippen molar-refractivity contribution in [2.24, 2.45) is 4.99 Å². The number of nitrogens with zero attached hydrogens (tertiary/aromatic N) is 1. The largest absolute Gasteiger partial charge is 0.486 e. The third-order valence-corrected chi connectivity index (χ3v) is 6.60. The molecule has 0 amide bonds. The van der Waals surface area contributed by atoms with Crippen molar-refractivity contribution in [1.29, 1.82) is 0 Å². The smallest absolute Gasteiger partial charge is 0.338 e. The molecule has 2 heterocycles. The zero-order chi connectivity index (χ0) is 23.3. The first-order valence-corrected chi connectivity index (χ1v) is 12.4. The van der Waals surface area contributed by atoms with Crippen molar-refractivity contribution in [2.45, 2.75) is 83.4 Å². The molecule has 0 fully saturated rings. The molecule has 0 aromatic heterocycles. The molecular weight excluding hydrogens is 418 g/mol. The third-order valence-electron chi connectivity index (χ3n) is 5.70. The summed E-state index contributed by atoms with van der Waals surface area (Å²) >= 11 is 1.84. The number of hydrogen-bond donors (Lipinski definition) is 0. The summed E-state index contributed by atoms with van der Waals surface area (Å²) in [6, 6.07) is 9.98. The predicted octanol–water partition coefficient (Wildman–Crippen LogP) is 6.25. The van der Waals surface area contributed by atoms with Crippen LogP contribution in [-0.2, 0) is 17.6 Å². The van der Waals surface area contributed by atoms with E-state index in [4.69, 9.17) is 14.5 Å². The van der Waals surface area contributed by atoms with Crippen LogP contribution in [0.4, 0.5) is 0 Å². The van der Waals surface area contributed by atoms with Crippen molar-refractivity contribution in [1.82, 2.24) is 0 Å². The van der Waals surface area contributed by atoms with Crippen molar-refractivity contribution < 1.29 is 14.3 Å². The molecule has 170 valence electrons. The van der Waals surface area contributed by atoms with Gasteiger partial charge in [-0.15, -0.1) is 11.8 Å². The molecule has 0 radical (unpaired) electrons. The van der Waals surface area contributed by atoms with Crippen LogP contribution in [0.3, 0.4) is 0 Å². The van der Waals surface area contributed by atoms with Gasteiger partial charge >= 0.3 is 5.97 Å². The Hall–Kier alpha value is -2.27. The summed E-state index contributed by atoms with van der Waals surface area (Å²) < 4.78 is 11.9. The number of carbonyl (C=O) groups excluding carboxylic acids is 1. The zero-order valence-electron chi connectivity index (χ0n) is 20.2. The molecule has 0 spiro atoms.